The Balaban J connectivity index is 1.65. The summed E-state index contributed by atoms with van der Waals surface area (Å²) in [7, 11) is 0. The van der Waals surface area contributed by atoms with Gasteiger partial charge in [-0.2, -0.15) is 0 Å². The summed E-state index contributed by atoms with van der Waals surface area (Å²) in [5, 5.41) is 3.87. The lowest BCUT2D eigenvalue weighted by Gasteiger charge is -2.38. The maximum Gasteiger partial charge on any atom is 0.0579 e. The molecule has 1 N–H and O–H groups in total. The first-order valence-electron chi connectivity index (χ1n) is 11.7. The van der Waals surface area contributed by atoms with Crippen molar-refractivity contribution in [1.29, 1.82) is 0 Å². The van der Waals surface area contributed by atoms with Gasteiger partial charge in [0, 0.05) is 27.6 Å². The Hall–Kier alpha value is -2.39. The standard InChI is InChI=1S/C28H32N2S/c1-21-10-8-12-23(19-18-21)30-24-13-9-11-22(20-24)29-25-14-4-2-6-16-27(25)31-28-17-7-3-5-15-26(28)30/h2,5-11,15-17,19-21,24-25,29H,3-4,12-14,18H2,1H3/t21-,24+,25+/m0/s1. The first kappa shape index (κ1) is 20.5. The largest absolute Gasteiger partial charge is 0.378 e. The second-order valence-electron chi connectivity index (χ2n) is 8.90. The van der Waals surface area contributed by atoms with Gasteiger partial charge in [-0.05, 0) is 62.3 Å². The molecule has 2 bridgehead atoms. The van der Waals surface area contributed by atoms with E-state index in [0.717, 1.165) is 38.5 Å². The van der Waals surface area contributed by atoms with Crippen LogP contribution in [0.25, 0.3) is 0 Å². The van der Waals surface area contributed by atoms with E-state index >= 15 is 0 Å². The van der Waals surface area contributed by atoms with Gasteiger partial charge < -0.3 is 10.2 Å². The van der Waals surface area contributed by atoms with E-state index in [1.54, 1.807) is 0 Å². The number of thioether (sulfide) groups is 1. The molecule has 1 heterocycles. The van der Waals surface area contributed by atoms with Crippen LogP contribution in [-0.2, 0) is 0 Å². The topological polar surface area (TPSA) is 15.3 Å². The fourth-order valence-electron chi connectivity index (χ4n) is 4.83. The fraction of sp³-hybridized carbons (Fsp3) is 0.357. The molecular weight excluding hydrogens is 396 g/mol. The number of hydrogen-bond acceptors (Lipinski definition) is 3. The van der Waals surface area contributed by atoms with Crippen molar-refractivity contribution in [3.63, 3.8) is 0 Å². The van der Waals surface area contributed by atoms with E-state index in [1.165, 1.54) is 26.9 Å². The van der Waals surface area contributed by atoms with Gasteiger partial charge >= 0.3 is 0 Å². The predicted molar refractivity (Wildman–Crippen MR) is 134 cm³/mol. The summed E-state index contributed by atoms with van der Waals surface area (Å²) >= 11 is 1.95. The third kappa shape index (κ3) is 4.62. The zero-order valence-corrected chi connectivity index (χ0v) is 19.2. The Morgan fingerprint density at radius 1 is 1.03 bits per heavy atom. The van der Waals surface area contributed by atoms with Crippen LogP contribution >= 0.6 is 11.8 Å². The fourth-order valence-corrected chi connectivity index (χ4v) is 5.99. The van der Waals surface area contributed by atoms with Gasteiger partial charge in [-0.3, -0.25) is 0 Å². The highest BCUT2D eigenvalue weighted by molar-refractivity contribution is 8.07. The lowest BCUT2D eigenvalue weighted by atomic mass is 10.0. The first-order valence-corrected chi connectivity index (χ1v) is 12.5. The van der Waals surface area contributed by atoms with Gasteiger partial charge in [0.1, 0.15) is 0 Å². The molecule has 4 aliphatic carbocycles. The lowest BCUT2D eigenvalue weighted by Crippen LogP contribution is -2.37. The van der Waals surface area contributed by atoms with Crippen LogP contribution in [0.5, 0.6) is 0 Å². The van der Waals surface area contributed by atoms with Gasteiger partial charge in [0.25, 0.3) is 0 Å². The highest BCUT2D eigenvalue weighted by Gasteiger charge is 2.29. The molecule has 0 amide bonds. The number of hydrogen-bond donors (Lipinski definition) is 1. The molecule has 0 spiro atoms. The quantitative estimate of drug-likeness (QED) is 0.451. The average Bonchev–Trinajstić information content (AvgIpc) is 3.22. The first-order chi connectivity index (χ1) is 15.3. The second kappa shape index (κ2) is 9.40. The monoisotopic (exact) mass is 428 g/mol. The van der Waals surface area contributed by atoms with Crippen LogP contribution in [0.4, 0.5) is 0 Å². The van der Waals surface area contributed by atoms with Crippen molar-refractivity contribution in [2.24, 2.45) is 5.92 Å². The van der Waals surface area contributed by atoms with Crippen molar-refractivity contribution in [2.45, 2.75) is 57.5 Å². The Morgan fingerprint density at radius 2 is 1.97 bits per heavy atom. The second-order valence-corrected chi connectivity index (χ2v) is 10.0. The van der Waals surface area contributed by atoms with Gasteiger partial charge in [-0.15, -0.1) is 0 Å². The molecule has 0 radical (unpaired) electrons. The minimum atomic E-state index is 0.330. The molecule has 31 heavy (non-hydrogen) atoms. The van der Waals surface area contributed by atoms with Crippen molar-refractivity contribution < 1.29 is 0 Å². The Morgan fingerprint density at radius 3 is 2.94 bits per heavy atom. The number of fused-ring (bicyclic) bond motifs is 2. The molecule has 5 aliphatic rings. The van der Waals surface area contributed by atoms with Crippen LogP contribution in [0.15, 0.2) is 106 Å². The third-order valence-electron chi connectivity index (χ3n) is 6.46. The van der Waals surface area contributed by atoms with E-state index in [9.17, 15) is 0 Å². The van der Waals surface area contributed by atoms with Crippen LogP contribution in [-0.4, -0.2) is 17.0 Å². The third-order valence-corrected chi connectivity index (χ3v) is 7.69. The molecule has 5 rings (SSSR count). The summed E-state index contributed by atoms with van der Waals surface area (Å²) in [6.45, 7) is 2.31. The number of nitrogens with zero attached hydrogens (tertiary/aromatic N) is 1. The maximum atomic E-state index is 3.87. The summed E-state index contributed by atoms with van der Waals surface area (Å²) in [5.74, 6) is 0.605. The molecule has 0 aromatic carbocycles. The molecule has 2 nitrogen and oxygen atoms in total. The number of allylic oxidation sites excluding steroid dienone is 11. The molecule has 160 valence electrons. The van der Waals surface area contributed by atoms with E-state index in [-0.39, 0.29) is 0 Å². The van der Waals surface area contributed by atoms with Gasteiger partial charge in [-0.1, -0.05) is 73.4 Å². The van der Waals surface area contributed by atoms with Gasteiger partial charge in [0.15, 0.2) is 0 Å². The molecule has 3 atom stereocenters. The molecule has 0 saturated carbocycles. The molecule has 1 aliphatic heterocycles. The smallest absolute Gasteiger partial charge is 0.0579 e. The highest BCUT2D eigenvalue weighted by Crippen LogP contribution is 2.40. The Bertz CT molecular complexity index is 982. The Labute approximate surface area is 191 Å². The van der Waals surface area contributed by atoms with Crippen molar-refractivity contribution in [3.05, 3.63) is 106 Å². The van der Waals surface area contributed by atoms with E-state index in [1.807, 2.05) is 11.8 Å². The molecule has 0 aromatic rings. The Kier molecular flexibility index (Phi) is 6.22. The molecule has 3 heteroatoms. The van der Waals surface area contributed by atoms with Gasteiger partial charge in [0.05, 0.1) is 17.8 Å². The normalized spacial score (nSPS) is 30.2. The van der Waals surface area contributed by atoms with Crippen molar-refractivity contribution in [2.75, 3.05) is 0 Å². The van der Waals surface area contributed by atoms with Crippen molar-refractivity contribution >= 4 is 11.8 Å². The van der Waals surface area contributed by atoms with Crippen LogP contribution in [0.1, 0.15) is 45.4 Å². The molecule has 0 fully saturated rings. The summed E-state index contributed by atoms with van der Waals surface area (Å²) in [5.41, 5.74) is 4.03. The van der Waals surface area contributed by atoms with Crippen molar-refractivity contribution in [3.8, 4) is 0 Å². The molecule has 0 saturated heterocycles. The summed E-state index contributed by atoms with van der Waals surface area (Å²) in [6.07, 6.45) is 36.8. The minimum absolute atomic E-state index is 0.330. The van der Waals surface area contributed by atoms with Crippen LogP contribution in [0.3, 0.4) is 0 Å². The summed E-state index contributed by atoms with van der Waals surface area (Å²) in [6, 6.07) is 0.688. The van der Waals surface area contributed by atoms with Gasteiger partial charge in [0.2, 0.25) is 0 Å². The lowest BCUT2D eigenvalue weighted by molar-refractivity contribution is 0.360. The zero-order valence-electron chi connectivity index (χ0n) is 18.3. The minimum Gasteiger partial charge on any atom is -0.378 e. The molecule has 0 aromatic heterocycles. The van der Waals surface area contributed by atoms with E-state index < -0.39 is 0 Å². The van der Waals surface area contributed by atoms with Gasteiger partial charge in [-0.25, -0.2) is 0 Å². The SMILES string of the molecule is C[C@H]1C=CCC(N2C3=C(C=CCC=C3)SC3=CC=CCC[C@H]3NC3=C[C@H]2CC=C3)=CC1. The zero-order chi connectivity index (χ0) is 21.0. The maximum absolute atomic E-state index is 3.87. The summed E-state index contributed by atoms with van der Waals surface area (Å²) < 4.78 is 0. The molecule has 0 unspecified atom stereocenters. The van der Waals surface area contributed by atoms with E-state index in [2.05, 4.69) is 96.1 Å². The predicted octanol–water partition coefficient (Wildman–Crippen LogP) is 7.04. The van der Waals surface area contributed by atoms with E-state index in [0.29, 0.717) is 18.0 Å². The van der Waals surface area contributed by atoms with Crippen LogP contribution < -0.4 is 5.32 Å². The number of rotatable bonds is 1. The summed E-state index contributed by atoms with van der Waals surface area (Å²) in [4.78, 5) is 5.38. The molecular formula is C28H32N2S. The van der Waals surface area contributed by atoms with Crippen LogP contribution in [0.2, 0.25) is 0 Å². The van der Waals surface area contributed by atoms with Crippen LogP contribution in [0, 0.1) is 5.92 Å². The van der Waals surface area contributed by atoms with E-state index in [4.69, 9.17) is 0 Å². The highest BCUT2D eigenvalue weighted by atomic mass is 32.2. The average molecular weight is 429 g/mol. The number of nitrogens with one attached hydrogen (secondary N) is 1. The van der Waals surface area contributed by atoms with Crippen molar-refractivity contribution in [1.82, 2.24) is 10.2 Å².